The second-order valence-corrected chi connectivity index (χ2v) is 10.8. The molecule has 3 aliphatic carbocycles. The van der Waals surface area contributed by atoms with Crippen LogP contribution in [0.1, 0.15) is 77.0 Å². The number of nitrogens with one attached hydrogen (secondary N) is 1. The molecule has 0 aromatic rings. The Hall–Kier alpha value is -0.620. The average molecular weight is 369 g/mol. The first-order valence-corrected chi connectivity index (χ1v) is 11.9. The van der Waals surface area contributed by atoms with Gasteiger partial charge in [-0.2, -0.15) is 4.31 Å². The zero-order chi connectivity index (χ0) is 17.5. The summed E-state index contributed by atoms with van der Waals surface area (Å²) >= 11 is 0. The van der Waals surface area contributed by atoms with E-state index in [9.17, 15) is 13.2 Å². The van der Waals surface area contributed by atoms with Gasteiger partial charge in [0, 0.05) is 18.6 Å². The SMILES string of the molecule is O=C(NCC1CCCCC1)[C@@]12CCCC[C@H]1N(C1CC1)S(=O)(=O)CC2. The van der Waals surface area contributed by atoms with Crippen LogP contribution < -0.4 is 5.32 Å². The molecule has 25 heavy (non-hydrogen) atoms. The van der Waals surface area contributed by atoms with E-state index in [-0.39, 0.29) is 23.7 Å². The van der Waals surface area contributed by atoms with Crippen LogP contribution in [0.25, 0.3) is 0 Å². The van der Waals surface area contributed by atoms with Crippen molar-refractivity contribution in [1.29, 1.82) is 0 Å². The summed E-state index contributed by atoms with van der Waals surface area (Å²) in [6, 6.07) is 0.0674. The Morgan fingerprint density at radius 1 is 0.960 bits per heavy atom. The van der Waals surface area contributed by atoms with E-state index in [4.69, 9.17) is 0 Å². The fourth-order valence-corrected chi connectivity index (χ4v) is 7.68. The standard InChI is InChI=1S/C19H32N2O3S/c22-18(20-14-15-6-2-1-3-7-15)19-11-5-4-8-17(19)21(16-9-10-16)25(23,24)13-12-19/h15-17H,1-14H2,(H,20,22)/t17-,19-/m1/s1. The number of hydrogen-bond acceptors (Lipinski definition) is 3. The van der Waals surface area contributed by atoms with Gasteiger partial charge in [0.25, 0.3) is 0 Å². The van der Waals surface area contributed by atoms with Crippen LogP contribution in [-0.4, -0.2) is 43.0 Å². The Kier molecular flexibility index (Phi) is 4.86. The van der Waals surface area contributed by atoms with Gasteiger partial charge in [-0.25, -0.2) is 8.42 Å². The number of carbonyl (C=O) groups is 1. The van der Waals surface area contributed by atoms with E-state index in [2.05, 4.69) is 5.32 Å². The third-order valence-corrected chi connectivity index (χ3v) is 8.97. The number of hydrogen-bond donors (Lipinski definition) is 1. The molecule has 0 aromatic heterocycles. The lowest BCUT2D eigenvalue weighted by Crippen LogP contribution is -2.63. The number of carbonyl (C=O) groups excluding carboxylic acids is 1. The molecule has 3 saturated carbocycles. The molecule has 1 N–H and O–H groups in total. The molecule has 142 valence electrons. The number of amides is 1. The summed E-state index contributed by atoms with van der Waals surface area (Å²) in [5, 5.41) is 3.26. The van der Waals surface area contributed by atoms with Crippen LogP contribution in [-0.2, 0) is 14.8 Å². The molecule has 1 amide bonds. The molecular formula is C19H32N2O3S. The zero-order valence-electron chi connectivity index (χ0n) is 15.2. The van der Waals surface area contributed by atoms with Crippen molar-refractivity contribution in [2.75, 3.05) is 12.3 Å². The lowest BCUT2D eigenvalue weighted by Gasteiger charge is -2.51. The molecule has 1 saturated heterocycles. The predicted molar refractivity (Wildman–Crippen MR) is 97.5 cm³/mol. The third-order valence-electron chi connectivity index (χ3n) is 7.06. The lowest BCUT2D eigenvalue weighted by molar-refractivity contribution is -0.137. The highest BCUT2D eigenvalue weighted by Crippen LogP contribution is 2.50. The normalized spacial score (nSPS) is 36.6. The summed E-state index contributed by atoms with van der Waals surface area (Å²) in [6.07, 6.45) is 12.6. The van der Waals surface area contributed by atoms with Crippen molar-refractivity contribution in [2.45, 2.75) is 89.1 Å². The predicted octanol–water partition coefficient (Wildman–Crippen LogP) is 2.81. The van der Waals surface area contributed by atoms with Gasteiger partial charge >= 0.3 is 0 Å². The Morgan fingerprint density at radius 3 is 2.40 bits per heavy atom. The van der Waals surface area contributed by atoms with Crippen molar-refractivity contribution in [2.24, 2.45) is 11.3 Å². The number of fused-ring (bicyclic) bond motifs is 1. The van der Waals surface area contributed by atoms with E-state index in [1.54, 1.807) is 4.31 Å². The summed E-state index contributed by atoms with van der Waals surface area (Å²) in [5.41, 5.74) is -0.471. The highest BCUT2D eigenvalue weighted by molar-refractivity contribution is 7.89. The second kappa shape index (κ2) is 6.84. The quantitative estimate of drug-likeness (QED) is 0.830. The highest BCUT2D eigenvalue weighted by atomic mass is 32.2. The largest absolute Gasteiger partial charge is 0.355 e. The lowest BCUT2D eigenvalue weighted by atomic mass is 9.67. The van der Waals surface area contributed by atoms with Crippen molar-refractivity contribution >= 4 is 15.9 Å². The molecule has 0 spiro atoms. The van der Waals surface area contributed by atoms with Crippen LogP contribution in [0.3, 0.4) is 0 Å². The van der Waals surface area contributed by atoms with Crippen molar-refractivity contribution in [3.05, 3.63) is 0 Å². The van der Waals surface area contributed by atoms with Crippen LogP contribution in [0, 0.1) is 11.3 Å². The topological polar surface area (TPSA) is 66.5 Å². The van der Waals surface area contributed by atoms with Gasteiger partial charge in [0.15, 0.2) is 0 Å². The van der Waals surface area contributed by atoms with Crippen molar-refractivity contribution in [3.63, 3.8) is 0 Å². The molecule has 0 radical (unpaired) electrons. The van der Waals surface area contributed by atoms with Crippen LogP contribution in [0.4, 0.5) is 0 Å². The summed E-state index contributed by atoms with van der Waals surface area (Å²) in [5.74, 6) is 0.906. The van der Waals surface area contributed by atoms with Crippen LogP contribution in [0.2, 0.25) is 0 Å². The molecule has 1 aliphatic heterocycles. The smallest absolute Gasteiger partial charge is 0.227 e. The van der Waals surface area contributed by atoms with E-state index >= 15 is 0 Å². The van der Waals surface area contributed by atoms with Crippen molar-refractivity contribution in [3.8, 4) is 0 Å². The zero-order valence-corrected chi connectivity index (χ0v) is 16.0. The Balaban J connectivity index is 1.51. The van der Waals surface area contributed by atoms with E-state index in [1.807, 2.05) is 0 Å². The molecule has 0 unspecified atom stereocenters. The fraction of sp³-hybridized carbons (Fsp3) is 0.947. The van der Waals surface area contributed by atoms with Gasteiger partial charge in [0.1, 0.15) is 0 Å². The minimum Gasteiger partial charge on any atom is -0.355 e. The van der Waals surface area contributed by atoms with Crippen molar-refractivity contribution in [1.82, 2.24) is 9.62 Å². The van der Waals surface area contributed by atoms with Gasteiger partial charge < -0.3 is 5.32 Å². The van der Waals surface area contributed by atoms with Crippen LogP contribution >= 0.6 is 0 Å². The van der Waals surface area contributed by atoms with E-state index in [0.717, 1.165) is 45.1 Å². The molecule has 4 aliphatic rings. The average Bonchev–Trinajstić information content (AvgIpc) is 3.44. The Morgan fingerprint density at radius 2 is 1.68 bits per heavy atom. The van der Waals surface area contributed by atoms with E-state index in [1.165, 1.54) is 32.1 Å². The third kappa shape index (κ3) is 3.36. The molecule has 1 heterocycles. The molecule has 0 bridgehead atoms. The van der Waals surface area contributed by atoms with Gasteiger partial charge in [-0.15, -0.1) is 0 Å². The molecule has 2 atom stereocenters. The summed E-state index contributed by atoms with van der Waals surface area (Å²) in [7, 11) is -3.18. The van der Waals surface area contributed by atoms with Gasteiger partial charge in [0.2, 0.25) is 15.9 Å². The Labute approximate surface area is 152 Å². The van der Waals surface area contributed by atoms with Gasteiger partial charge in [-0.05, 0) is 50.9 Å². The maximum absolute atomic E-state index is 13.3. The van der Waals surface area contributed by atoms with Gasteiger partial charge in [-0.3, -0.25) is 4.79 Å². The van der Waals surface area contributed by atoms with Crippen LogP contribution in [0.5, 0.6) is 0 Å². The highest BCUT2D eigenvalue weighted by Gasteiger charge is 2.58. The maximum atomic E-state index is 13.3. The first kappa shape index (κ1) is 17.8. The van der Waals surface area contributed by atoms with E-state index < -0.39 is 15.4 Å². The van der Waals surface area contributed by atoms with Gasteiger partial charge in [0.05, 0.1) is 11.2 Å². The maximum Gasteiger partial charge on any atom is 0.227 e. The summed E-state index contributed by atoms with van der Waals surface area (Å²) in [4.78, 5) is 13.3. The monoisotopic (exact) mass is 368 g/mol. The first-order chi connectivity index (χ1) is 12.0. The molecular weight excluding hydrogens is 336 g/mol. The fourth-order valence-electron chi connectivity index (χ4n) is 5.49. The number of sulfonamides is 1. The minimum atomic E-state index is -3.18. The molecule has 0 aromatic carbocycles. The summed E-state index contributed by atoms with van der Waals surface area (Å²) < 4.78 is 27.1. The van der Waals surface area contributed by atoms with Gasteiger partial charge in [-0.1, -0.05) is 32.1 Å². The van der Waals surface area contributed by atoms with Crippen LogP contribution in [0.15, 0.2) is 0 Å². The van der Waals surface area contributed by atoms with Crippen molar-refractivity contribution < 1.29 is 13.2 Å². The first-order valence-electron chi connectivity index (χ1n) is 10.3. The summed E-state index contributed by atoms with van der Waals surface area (Å²) in [6.45, 7) is 0.781. The minimum absolute atomic E-state index is 0.0983. The van der Waals surface area contributed by atoms with E-state index in [0.29, 0.717) is 12.3 Å². The molecule has 4 rings (SSSR count). The number of nitrogens with zero attached hydrogens (tertiary/aromatic N) is 1. The Bertz CT molecular complexity index is 610. The number of rotatable bonds is 4. The molecule has 5 nitrogen and oxygen atoms in total. The molecule has 6 heteroatoms. The second-order valence-electron chi connectivity index (χ2n) is 8.76. The molecule has 4 fully saturated rings.